The van der Waals surface area contributed by atoms with Crippen LogP contribution in [0.4, 0.5) is 24.8 Å². The Morgan fingerprint density at radius 2 is 1.92 bits per heavy atom. The van der Waals surface area contributed by atoms with Gasteiger partial charge < -0.3 is 24.6 Å². The molecule has 0 saturated carbocycles. The van der Waals surface area contributed by atoms with Crippen LogP contribution in [0.1, 0.15) is 42.5 Å². The third-order valence-electron chi connectivity index (χ3n) is 7.07. The Balaban J connectivity index is 1.46. The van der Waals surface area contributed by atoms with Crippen LogP contribution in [0.3, 0.4) is 0 Å². The number of nitrogens with zero attached hydrogens (tertiary/aromatic N) is 4. The highest BCUT2D eigenvalue weighted by Crippen LogP contribution is 2.36. The Labute approximate surface area is 207 Å². The second kappa shape index (κ2) is 9.70. The van der Waals surface area contributed by atoms with Gasteiger partial charge in [0.1, 0.15) is 23.8 Å². The molecule has 0 radical (unpaired) electrons. The van der Waals surface area contributed by atoms with E-state index < -0.39 is 29.4 Å². The van der Waals surface area contributed by atoms with Crippen LogP contribution in [0.2, 0.25) is 0 Å². The molecule has 4 heterocycles. The van der Waals surface area contributed by atoms with Gasteiger partial charge in [0.05, 0.1) is 42.5 Å². The SMILES string of the molecule is C[C@@H](Nc1ncnc2c1C=C(C(=O)N1CCOCC13CCOC3)CN2C)c1cccc(C(F)F)c1F. The molecule has 1 spiro atoms. The van der Waals surface area contributed by atoms with Gasteiger partial charge in [0.2, 0.25) is 0 Å². The van der Waals surface area contributed by atoms with E-state index in [1.807, 2.05) is 16.8 Å². The Hall–Kier alpha value is -3.18. The fraction of sp³-hybridized carbons (Fsp3) is 0.480. The van der Waals surface area contributed by atoms with Crippen molar-refractivity contribution in [1.29, 1.82) is 0 Å². The Kier molecular flexibility index (Phi) is 6.60. The maximum atomic E-state index is 14.8. The minimum atomic E-state index is -2.91. The number of carbonyl (C=O) groups excluding carboxylic acids is 1. The van der Waals surface area contributed by atoms with Crippen molar-refractivity contribution in [1.82, 2.24) is 14.9 Å². The van der Waals surface area contributed by atoms with Crippen LogP contribution in [0, 0.1) is 5.82 Å². The Morgan fingerprint density at radius 1 is 1.17 bits per heavy atom. The molecule has 1 aromatic heterocycles. The molecule has 2 aromatic rings. The first-order valence-corrected chi connectivity index (χ1v) is 11.9. The van der Waals surface area contributed by atoms with Gasteiger partial charge in [0.15, 0.2) is 0 Å². The van der Waals surface area contributed by atoms with E-state index in [2.05, 4.69) is 15.3 Å². The number of anilines is 2. The highest BCUT2D eigenvalue weighted by atomic mass is 19.3. The number of aromatic nitrogens is 2. The molecule has 11 heteroatoms. The predicted molar refractivity (Wildman–Crippen MR) is 127 cm³/mol. The summed E-state index contributed by atoms with van der Waals surface area (Å²) in [7, 11) is 1.83. The van der Waals surface area contributed by atoms with Crippen molar-refractivity contribution in [2.24, 2.45) is 0 Å². The number of carbonyl (C=O) groups is 1. The summed E-state index contributed by atoms with van der Waals surface area (Å²) < 4.78 is 52.4. The number of morpholine rings is 1. The van der Waals surface area contributed by atoms with Crippen LogP contribution in [0.5, 0.6) is 0 Å². The summed E-state index contributed by atoms with van der Waals surface area (Å²) in [6, 6.07) is 3.28. The van der Waals surface area contributed by atoms with Crippen molar-refractivity contribution in [3.8, 4) is 0 Å². The van der Waals surface area contributed by atoms with E-state index in [0.29, 0.717) is 62.3 Å². The van der Waals surface area contributed by atoms with E-state index in [9.17, 15) is 18.0 Å². The molecule has 1 N–H and O–H groups in total. The van der Waals surface area contributed by atoms with E-state index in [4.69, 9.17) is 9.47 Å². The molecule has 1 amide bonds. The number of alkyl halides is 2. The zero-order valence-corrected chi connectivity index (χ0v) is 20.1. The predicted octanol–water partition coefficient (Wildman–Crippen LogP) is 3.58. The van der Waals surface area contributed by atoms with Crippen molar-refractivity contribution in [2.45, 2.75) is 31.4 Å². The number of nitrogens with one attached hydrogen (secondary N) is 1. The zero-order chi connectivity index (χ0) is 25.4. The number of benzene rings is 1. The Bertz CT molecular complexity index is 1190. The lowest BCUT2D eigenvalue weighted by atomic mass is 9.94. The second-order valence-corrected chi connectivity index (χ2v) is 9.44. The first-order chi connectivity index (χ1) is 17.3. The van der Waals surface area contributed by atoms with Crippen LogP contribution < -0.4 is 10.2 Å². The van der Waals surface area contributed by atoms with Crippen molar-refractivity contribution in [3.05, 3.63) is 52.6 Å². The summed E-state index contributed by atoms with van der Waals surface area (Å²) in [4.78, 5) is 26.1. The van der Waals surface area contributed by atoms with Gasteiger partial charge in [-0.05, 0) is 19.4 Å². The molecule has 5 rings (SSSR count). The van der Waals surface area contributed by atoms with Crippen molar-refractivity contribution < 1.29 is 27.4 Å². The minimum Gasteiger partial charge on any atom is -0.379 e. The van der Waals surface area contributed by atoms with Crippen molar-refractivity contribution in [3.63, 3.8) is 0 Å². The van der Waals surface area contributed by atoms with Crippen LogP contribution in [0.25, 0.3) is 6.08 Å². The molecular formula is C25H28F3N5O3. The van der Waals surface area contributed by atoms with Gasteiger partial charge in [0, 0.05) is 37.9 Å². The van der Waals surface area contributed by atoms with E-state index in [-0.39, 0.29) is 11.5 Å². The Morgan fingerprint density at radius 3 is 2.67 bits per heavy atom. The molecular weight excluding hydrogens is 475 g/mol. The zero-order valence-electron chi connectivity index (χ0n) is 20.1. The second-order valence-electron chi connectivity index (χ2n) is 9.44. The molecule has 2 fully saturated rings. The monoisotopic (exact) mass is 503 g/mol. The molecule has 8 nitrogen and oxygen atoms in total. The van der Waals surface area contributed by atoms with Crippen LogP contribution in [-0.4, -0.2) is 72.9 Å². The molecule has 192 valence electrons. The minimum absolute atomic E-state index is 0.0974. The van der Waals surface area contributed by atoms with Gasteiger partial charge in [-0.1, -0.05) is 18.2 Å². The summed E-state index contributed by atoms with van der Waals surface area (Å²) in [5.74, 6) is -0.0544. The fourth-order valence-corrected chi connectivity index (χ4v) is 5.12. The van der Waals surface area contributed by atoms with Crippen LogP contribution >= 0.6 is 0 Å². The average molecular weight is 504 g/mol. The van der Waals surface area contributed by atoms with Gasteiger partial charge in [-0.3, -0.25) is 4.79 Å². The highest BCUT2D eigenvalue weighted by Gasteiger charge is 2.46. The summed E-state index contributed by atoms with van der Waals surface area (Å²) in [5, 5.41) is 3.13. The van der Waals surface area contributed by atoms with Gasteiger partial charge >= 0.3 is 0 Å². The van der Waals surface area contributed by atoms with Gasteiger partial charge in [-0.25, -0.2) is 23.1 Å². The van der Waals surface area contributed by atoms with Crippen LogP contribution in [0.15, 0.2) is 30.1 Å². The number of rotatable bonds is 5. The van der Waals surface area contributed by atoms with Crippen LogP contribution in [-0.2, 0) is 14.3 Å². The molecule has 1 unspecified atom stereocenters. The quantitative estimate of drug-likeness (QED) is 0.668. The third-order valence-corrected chi connectivity index (χ3v) is 7.07. The topological polar surface area (TPSA) is 79.8 Å². The van der Waals surface area contributed by atoms with Crippen molar-refractivity contribution >= 4 is 23.6 Å². The standard InChI is InChI=1S/C25H28F3N5O3/c1-15(17-4-3-5-18(20(17)26)21(27)28)31-22-19-10-16(11-32(2)23(19)30-14-29-22)24(34)33-7-9-36-13-25(33)6-8-35-12-25/h3-5,10,14-15,21H,6-9,11-13H2,1-2H3,(H,29,30,31)/t15-,25?/m1/s1. The largest absolute Gasteiger partial charge is 0.379 e. The lowest BCUT2D eigenvalue weighted by Crippen LogP contribution is -2.60. The number of hydrogen-bond donors (Lipinski definition) is 1. The third kappa shape index (κ3) is 4.30. The lowest BCUT2D eigenvalue weighted by molar-refractivity contribution is -0.145. The number of likely N-dealkylation sites (N-methyl/N-ethyl adjacent to an activating group) is 1. The summed E-state index contributed by atoms with van der Waals surface area (Å²) >= 11 is 0. The number of ether oxygens (including phenoxy) is 2. The summed E-state index contributed by atoms with van der Waals surface area (Å²) in [6.45, 7) is 4.43. The van der Waals surface area contributed by atoms with Gasteiger partial charge in [0.25, 0.3) is 12.3 Å². The highest BCUT2D eigenvalue weighted by molar-refractivity contribution is 6.02. The number of amides is 1. The molecule has 0 bridgehead atoms. The van der Waals surface area contributed by atoms with E-state index in [1.165, 1.54) is 18.5 Å². The summed E-state index contributed by atoms with van der Waals surface area (Å²) in [6.07, 6.45) is 0.944. The number of hydrogen-bond acceptors (Lipinski definition) is 7. The fourth-order valence-electron chi connectivity index (χ4n) is 5.12. The normalized spacial score (nSPS) is 22.6. The van der Waals surface area contributed by atoms with Gasteiger partial charge in [-0.2, -0.15) is 0 Å². The molecule has 0 aliphatic carbocycles. The molecule has 3 aliphatic rings. The van der Waals surface area contributed by atoms with E-state index >= 15 is 0 Å². The van der Waals surface area contributed by atoms with Crippen molar-refractivity contribution in [2.75, 3.05) is 56.8 Å². The van der Waals surface area contributed by atoms with E-state index in [1.54, 1.807) is 13.0 Å². The lowest BCUT2D eigenvalue weighted by Gasteiger charge is -2.44. The first kappa shape index (κ1) is 24.5. The first-order valence-electron chi connectivity index (χ1n) is 11.9. The molecule has 36 heavy (non-hydrogen) atoms. The van der Waals surface area contributed by atoms with Gasteiger partial charge in [-0.15, -0.1) is 0 Å². The molecule has 3 aliphatic heterocycles. The number of halogens is 3. The average Bonchev–Trinajstić information content (AvgIpc) is 3.32. The molecule has 1 aromatic carbocycles. The maximum Gasteiger partial charge on any atom is 0.266 e. The van der Waals surface area contributed by atoms with E-state index in [0.717, 1.165) is 12.5 Å². The summed E-state index contributed by atoms with van der Waals surface area (Å²) in [5.41, 5.74) is 0.131. The maximum absolute atomic E-state index is 14.8. The smallest absolute Gasteiger partial charge is 0.266 e. The molecule has 2 saturated heterocycles. The molecule has 2 atom stereocenters. The number of fused-ring (bicyclic) bond motifs is 1.